The van der Waals surface area contributed by atoms with Crippen molar-refractivity contribution in [3.05, 3.63) is 92.2 Å². The molecule has 33 heavy (non-hydrogen) atoms. The molecule has 0 aliphatic carbocycles. The largest absolute Gasteiger partial charge is 0.462 e. The Morgan fingerprint density at radius 1 is 1.15 bits per heavy atom. The number of halogens is 2. The van der Waals surface area contributed by atoms with Gasteiger partial charge in [0.25, 0.3) is 0 Å². The SMILES string of the molecule is CCOC(=O)c1cn(-c2ccc(Cl)nc2)c2cc(N3Cc4cccnc4C3)c(Cl)cc2c1=O. The van der Waals surface area contributed by atoms with Gasteiger partial charge in [0.1, 0.15) is 10.7 Å². The average molecular weight is 481 g/mol. The van der Waals surface area contributed by atoms with Crippen LogP contribution < -0.4 is 10.3 Å². The second kappa shape index (κ2) is 8.50. The Bertz CT molecular complexity index is 1430. The number of aromatic nitrogens is 3. The molecule has 0 fully saturated rings. The third-order valence-electron chi connectivity index (χ3n) is 5.58. The molecule has 1 aliphatic rings. The zero-order valence-corrected chi connectivity index (χ0v) is 19.1. The summed E-state index contributed by atoms with van der Waals surface area (Å²) in [4.78, 5) is 36.4. The van der Waals surface area contributed by atoms with E-state index in [9.17, 15) is 9.59 Å². The van der Waals surface area contributed by atoms with Crippen LogP contribution in [0.2, 0.25) is 10.2 Å². The molecule has 7 nitrogen and oxygen atoms in total. The van der Waals surface area contributed by atoms with Crippen molar-refractivity contribution >= 4 is 45.8 Å². The summed E-state index contributed by atoms with van der Waals surface area (Å²) >= 11 is 12.6. The molecule has 0 saturated carbocycles. The van der Waals surface area contributed by atoms with Gasteiger partial charge in [0.2, 0.25) is 5.43 Å². The molecule has 9 heteroatoms. The third-order valence-corrected chi connectivity index (χ3v) is 6.11. The number of carbonyl (C=O) groups excluding carboxylic acids is 1. The number of rotatable bonds is 4. The van der Waals surface area contributed by atoms with Crippen molar-refractivity contribution in [3.8, 4) is 5.69 Å². The summed E-state index contributed by atoms with van der Waals surface area (Å²) in [5.41, 5.74) is 3.58. The fourth-order valence-corrected chi connectivity index (χ4v) is 4.42. The number of pyridine rings is 3. The van der Waals surface area contributed by atoms with Crippen LogP contribution in [0.3, 0.4) is 0 Å². The first kappa shape index (κ1) is 21.4. The lowest BCUT2D eigenvalue weighted by atomic mass is 10.1. The first-order valence-electron chi connectivity index (χ1n) is 10.3. The predicted octanol–water partition coefficient (Wildman–Crippen LogP) is 4.78. The zero-order valence-electron chi connectivity index (χ0n) is 17.6. The van der Waals surface area contributed by atoms with Gasteiger partial charge in [-0.15, -0.1) is 0 Å². The molecule has 0 N–H and O–H groups in total. The van der Waals surface area contributed by atoms with Crippen molar-refractivity contribution < 1.29 is 9.53 Å². The fourth-order valence-electron chi connectivity index (χ4n) is 4.03. The van der Waals surface area contributed by atoms with Gasteiger partial charge in [-0.25, -0.2) is 9.78 Å². The van der Waals surface area contributed by atoms with Gasteiger partial charge in [-0.3, -0.25) is 9.78 Å². The molecule has 4 aromatic rings. The normalized spacial score (nSPS) is 12.8. The summed E-state index contributed by atoms with van der Waals surface area (Å²) in [5, 5.41) is 1.05. The van der Waals surface area contributed by atoms with Crippen molar-refractivity contribution in [2.45, 2.75) is 20.0 Å². The maximum atomic E-state index is 13.2. The summed E-state index contributed by atoms with van der Waals surface area (Å²) in [6.45, 7) is 3.10. The van der Waals surface area contributed by atoms with E-state index in [-0.39, 0.29) is 12.2 Å². The number of esters is 1. The Morgan fingerprint density at radius 3 is 2.73 bits per heavy atom. The molecule has 0 bridgehead atoms. The highest BCUT2D eigenvalue weighted by molar-refractivity contribution is 6.34. The van der Waals surface area contributed by atoms with Gasteiger partial charge in [-0.2, -0.15) is 0 Å². The summed E-state index contributed by atoms with van der Waals surface area (Å²) in [6, 6.07) is 10.8. The molecule has 0 unspecified atom stereocenters. The molecule has 166 valence electrons. The molecule has 5 rings (SSSR count). The van der Waals surface area contributed by atoms with E-state index < -0.39 is 11.4 Å². The molecule has 0 amide bonds. The van der Waals surface area contributed by atoms with Crippen molar-refractivity contribution in [2.75, 3.05) is 11.5 Å². The van der Waals surface area contributed by atoms with Crippen molar-refractivity contribution in [1.82, 2.24) is 14.5 Å². The summed E-state index contributed by atoms with van der Waals surface area (Å²) in [6.07, 6.45) is 4.82. The Kier molecular flexibility index (Phi) is 5.52. The fraction of sp³-hybridized carbons (Fsp3) is 0.167. The number of benzene rings is 1. The van der Waals surface area contributed by atoms with Gasteiger partial charge < -0.3 is 14.2 Å². The van der Waals surface area contributed by atoms with Crippen LogP contribution in [0, 0.1) is 0 Å². The molecule has 1 aromatic carbocycles. The summed E-state index contributed by atoms with van der Waals surface area (Å²) in [5.74, 6) is -0.693. The lowest BCUT2D eigenvalue weighted by molar-refractivity contribution is 0.0524. The van der Waals surface area contributed by atoms with Crippen molar-refractivity contribution in [1.29, 1.82) is 0 Å². The van der Waals surface area contributed by atoms with Gasteiger partial charge in [-0.05, 0) is 42.8 Å². The van der Waals surface area contributed by atoms with Gasteiger partial charge in [0.05, 0.1) is 47.0 Å². The summed E-state index contributed by atoms with van der Waals surface area (Å²) < 4.78 is 6.83. The topological polar surface area (TPSA) is 77.3 Å². The number of fused-ring (bicyclic) bond motifs is 2. The van der Waals surface area contributed by atoms with Crippen LogP contribution in [0.5, 0.6) is 0 Å². The number of hydrogen-bond acceptors (Lipinski definition) is 6. The van der Waals surface area contributed by atoms with Crippen LogP contribution in [0.15, 0.2) is 59.8 Å². The maximum absolute atomic E-state index is 13.2. The Labute approximate surface area is 199 Å². The van der Waals surface area contributed by atoms with Crippen LogP contribution in [0.1, 0.15) is 28.5 Å². The highest BCUT2D eigenvalue weighted by Gasteiger charge is 2.24. The second-order valence-corrected chi connectivity index (χ2v) is 8.38. The second-order valence-electron chi connectivity index (χ2n) is 7.59. The molecule has 1 aliphatic heterocycles. The number of nitrogens with zero attached hydrogens (tertiary/aromatic N) is 4. The quantitative estimate of drug-likeness (QED) is 0.308. The Balaban J connectivity index is 1.72. The number of hydrogen-bond donors (Lipinski definition) is 0. The van der Waals surface area contributed by atoms with E-state index in [0.29, 0.717) is 39.9 Å². The lowest BCUT2D eigenvalue weighted by Crippen LogP contribution is -2.21. The molecule has 0 spiro atoms. The van der Waals surface area contributed by atoms with Gasteiger partial charge in [-0.1, -0.05) is 29.3 Å². The smallest absolute Gasteiger partial charge is 0.343 e. The van der Waals surface area contributed by atoms with Crippen LogP contribution in [0.4, 0.5) is 5.69 Å². The van der Waals surface area contributed by atoms with Crippen LogP contribution >= 0.6 is 23.2 Å². The van der Waals surface area contributed by atoms with E-state index >= 15 is 0 Å². The van der Waals surface area contributed by atoms with Gasteiger partial charge >= 0.3 is 5.97 Å². The first-order valence-corrected chi connectivity index (χ1v) is 11.1. The van der Waals surface area contributed by atoms with E-state index in [0.717, 1.165) is 16.9 Å². The van der Waals surface area contributed by atoms with E-state index in [2.05, 4.69) is 14.9 Å². The standard InChI is InChI=1S/C24H18Cl2N4O3/c1-2-33-24(32)17-12-30(15-5-6-22(26)28-10-15)20-9-21(18(25)8-16(20)23(17)31)29-11-14-4-3-7-27-19(14)13-29/h3-10,12H,2,11,13H2,1H3. The first-order chi connectivity index (χ1) is 16.0. The molecule has 3 aromatic heterocycles. The molecule has 0 radical (unpaired) electrons. The maximum Gasteiger partial charge on any atom is 0.343 e. The average Bonchev–Trinajstić information content (AvgIpc) is 3.24. The predicted molar refractivity (Wildman–Crippen MR) is 127 cm³/mol. The monoisotopic (exact) mass is 480 g/mol. The lowest BCUT2D eigenvalue weighted by Gasteiger charge is -2.21. The Morgan fingerprint density at radius 2 is 2.00 bits per heavy atom. The minimum Gasteiger partial charge on any atom is -0.462 e. The van der Waals surface area contributed by atoms with Crippen LogP contribution in [-0.2, 0) is 17.8 Å². The molecule has 0 saturated heterocycles. The third kappa shape index (κ3) is 3.83. The number of ether oxygens (including phenoxy) is 1. The minimum atomic E-state index is -0.693. The van der Waals surface area contributed by atoms with E-state index in [1.807, 2.05) is 18.2 Å². The van der Waals surface area contributed by atoms with Gasteiger partial charge in [0.15, 0.2) is 0 Å². The van der Waals surface area contributed by atoms with Gasteiger partial charge in [0, 0.05) is 24.3 Å². The molecule has 0 atom stereocenters. The molecular formula is C24H18Cl2N4O3. The molecular weight excluding hydrogens is 463 g/mol. The summed E-state index contributed by atoms with van der Waals surface area (Å²) in [7, 11) is 0. The van der Waals surface area contributed by atoms with E-state index in [4.69, 9.17) is 27.9 Å². The van der Waals surface area contributed by atoms with Crippen molar-refractivity contribution in [2.24, 2.45) is 0 Å². The minimum absolute atomic E-state index is 0.0825. The van der Waals surface area contributed by atoms with E-state index in [1.54, 1.807) is 42.1 Å². The number of carbonyl (C=O) groups is 1. The van der Waals surface area contributed by atoms with Crippen LogP contribution in [0.25, 0.3) is 16.6 Å². The van der Waals surface area contributed by atoms with Crippen molar-refractivity contribution in [3.63, 3.8) is 0 Å². The highest BCUT2D eigenvalue weighted by atomic mass is 35.5. The van der Waals surface area contributed by atoms with E-state index in [1.165, 1.54) is 6.20 Å². The number of anilines is 1. The highest BCUT2D eigenvalue weighted by Crippen LogP contribution is 2.35. The Hall–Kier alpha value is -3.42. The molecule has 4 heterocycles. The zero-order chi connectivity index (χ0) is 23.1. The van der Waals surface area contributed by atoms with Crippen LogP contribution in [-0.4, -0.2) is 27.1 Å².